The van der Waals surface area contributed by atoms with Crippen molar-refractivity contribution in [2.24, 2.45) is 11.8 Å². The van der Waals surface area contributed by atoms with E-state index in [1.54, 1.807) is 11.6 Å². The van der Waals surface area contributed by atoms with Crippen molar-refractivity contribution in [2.75, 3.05) is 5.32 Å². The van der Waals surface area contributed by atoms with Crippen molar-refractivity contribution >= 4 is 28.3 Å². The number of carbonyl (C=O) groups is 2. The van der Waals surface area contributed by atoms with Crippen LogP contribution in [0.4, 0.5) is 5.13 Å². The Morgan fingerprint density at radius 3 is 2.79 bits per heavy atom. The maximum atomic E-state index is 11.8. The third kappa shape index (κ3) is 5.38. The molecule has 0 aliphatic rings. The van der Waals surface area contributed by atoms with Crippen LogP contribution >= 0.6 is 11.3 Å². The van der Waals surface area contributed by atoms with Gasteiger partial charge in [-0.05, 0) is 12.3 Å². The molecule has 0 radical (unpaired) electrons. The number of aliphatic carboxylic acids is 1. The molecule has 1 amide bonds. The first-order valence-electron chi connectivity index (χ1n) is 6.46. The monoisotopic (exact) mass is 284 g/mol. The van der Waals surface area contributed by atoms with Gasteiger partial charge in [-0.25, -0.2) is 4.98 Å². The highest BCUT2D eigenvalue weighted by Gasteiger charge is 2.26. The van der Waals surface area contributed by atoms with Gasteiger partial charge in [0.25, 0.3) is 0 Å². The molecule has 0 saturated carbocycles. The number of amides is 1. The second-order valence-electron chi connectivity index (χ2n) is 4.65. The van der Waals surface area contributed by atoms with Crippen LogP contribution in [-0.2, 0) is 9.59 Å². The maximum Gasteiger partial charge on any atom is 0.306 e. The Morgan fingerprint density at radius 1 is 1.53 bits per heavy atom. The Hall–Kier alpha value is -1.43. The molecule has 0 aliphatic carbocycles. The molecule has 2 N–H and O–H groups in total. The molecule has 0 fully saturated rings. The first-order chi connectivity index (χ1) is 9.04. The zero-order valence-corrected chi connectivity index (χ0v) is 12.1. The fourth-order valence-corrected chi connectivity index (χ4v) is 2.51. The number of thiazole rings is 1. The van der Waals surface area contributed by atoms with Gasteiger partial charge in [0.2, 0.25) is 5.91 Å². The molecule has 19 heavy (non-hydrogen) atoms. The number of hydrogen-bond acceptors (Lipinski definition) is 4. The molecule has 6 heteroatoms. The standard InChI is InChI=1S/C13H20N2O3S/c1-3-4-5-10(12(17)18)9(2)8-11(16)15-13-14-6-7-19-13/h6-7,9-10H,3-5,8H2,1-2H3,(H,17,18)(H,14,15,16)/t9-,10-/m0/s1. The van der Waals surface area contributed by atoms with E-state index in [-0.39, 0.29) is 18.2 Å². The number of carboxylic acid groups (broad SMARTS) is 1. The molecule has 0 bridgehead atoms. The molecule has 5 nitrogen and oxygen atoms in total. The Labute approximate surface area is 117 Å². The van der Waals surface area contributed by atoms with Gasteiger partial charge in [0, 0.05) is 18.0 Å². The van der Waals surface area contributed by atoms with Gasteiger partial charge >= 0.3 is 5.97 Å². The van der Waals surface area contributed by atoms with Gasteiger partial charge in [-0.15, -0.1) is 11.3 Å². The average molecular weight is 284 g/mol. The number of nitrogens with zero attached hydrogens (tertiary/aromatic N) is 1. The molecular weight excluding hydrogens is 264 g/mol. The summed E-state index contributed by atoms with van der Waals surface area (Å²) in [5.74, 6) is -1.63. The minimum absolute atomic E-state index is 0.176. The Kier molecular flexibility index (Phi) is 6.49. The molecule has 0 aromatic carbocycles. The minimum Gasteiger partial charge on any atom is -0.481 e. The molecule has 1 rings (SSSR count). The summed E-state index contributed by atoms with van der Waals surface area (Å²) in [7, 11) is 0. The van der Waals surface area contributed by atoms with Crippen molar-refractivity contribution in [1.29, 1.82) is 0 Å². The lowest BCUT2D eigenvalue weighted by atomic mass is 9.87. The van der Waals surface area contributed by atoms with Crippen LogP contribution in [-0.4, -0.2) is 22.0 Å². The van der Waals surface area contributed by atoms with Gasteiger partial charge in [0.05, 0.1) is 5.92 Å². The molecule has 0 spiro atoms. The molecular formula is C13H20N2O3S. The first kappa shape index (κ1) is 15.6. The normalized spacial score (nSPS) is 13.8. The fourth-order valence-electron chi connectivity index (χ4n) is 1.97. The van der Waals surface area contributed by atoms with Crippen molar-refractivity contribution in [3.05, 3.63) is 11.6 Å². The Balaban J connectivity index is 2.48. The second-order valence-corrected chi connectivity index (χ2v) is 5.55. The summed E-state index contributed by atoms with van der Waals surface area (Å²) in [5, 5.41) is 14.2. The van der Waals surface area contributed by atoms with E-state index >= 15 is 0 Å². The Morgan fingerprint density at radius 2 is 2.26 bits per heavy atom. The van der Waals surface area contributed by atoms with Crippen LogP contribution in [0.5, 0.6) is 0 Å². The maximum absolute atomic E-state index is 11.8. The summed E-state index contributed by atoms with van der Waals surface area (Å²) in [6.45, 7) is 3.84. The summed E-state index contributed by atoms with van der Waals surface area (Å²) in [6.07, 6.45) is 4.28. The van der Waals surface area contributed by atoms with Crippen LogP contribution in [0.25, 0.3) is 0 Å². The predicted molar refractivity (Wildman–Crippen MR) is 75.2 cm³/mol. The highest BCUT2D eigenvalue weighted by Crippen LogP contribution is 2.23. The van der Waals surface area contributed by atoms with E-state index in [9.17, 15) is 14.7 Å². The average Bonchev–Trinajstić information content (AvgIpc) is 2.81. The van der Waals surface area contributed by atoms with E-state index in [2.05, 4.69) is 10.3 Å². The molecule has 0 unspecified atom stereocenters. The van der Waals surface area contributed by atoms with E-state index in [1.165, 1.54) is 11.3 Å². The van der Waals surface area contributed by atoms with Crippen LogP contribution < -0.4 is 5.32 Å². The minimum atomic E-state index is -0.817. The van der Waals surface area contributed by atoms with Crippen LogP contribution in [0.2, 0.25) is 0 Å². The lowest BCUT2D eigenvalue weighted by Gasteiger charge is -2.19. The second kappa shape index (κ2) is 7.89. The Bertz CT molecular complexity index is 406. The lowest BCUT2D eigenvalue weighted by molar-refractivity contribution is -0.144. The molecule has 1 aromatic heterocycles. The summed E-state index contributed by atoms with van der Waals surface area (Å²) < 4.78 is 0. The number of carbonyl (C=O) groups excluding carboxylic acids is 1. The molecule has 1 heterocycles. The third-order valence-corrected chi connectivity index (χ3v) is 3.75. The smallest absolute Gasteiger partial charge is 0.306 e. The summed E-state index contributed by atoms with van der Waals surface area (Å²) in [5.41, 5.74) is 0. The van der Waals surface area contributed by atoms with Crippen molar-refractivity contribution in [1.82, 2.24) is 4.98 Å². The molecule has 0 aliphatic heterocycles. The number of rotatable bonds is 8. The van der Waals surface area contributed by atoms with Crippen LogP contribution in [0.3, 0.4) is 0 Å². The lowest BCUT2D eigenvalue weighted by Crippen LogP contribution is -2.26. The fraction of sp³-hybridized carbons (Fsp3) is 0.615. The van der Waals surface area contributed by atoms with Crippen LogP contribution in [0.15, 0.2) is 11.6 Å². The summed E-state index contributed by atoms with van der Waals surface area (Å²) >= 11 is 1.35. The number of carboxylic acids is 1. The first-order valence-corrected chi connectivity index (χ1v) is 7.34. The number of nitrogens with one attached hydrogen (secondary N) is 1. The highest BCUT2D eigenvalue weighted by atomic mass is 32.1. The van der Waals surface area contributed by atoms with Crippen molar-refractivity contribution in [2.45, 2.75) is 39.5 Å². The van der Waals surface area contributed by atoms with Gasteiger partial charge in [0.1, 0.15) is 0 Å². The van der Waals surface area contributed by atoms with E-state index in [0.717, 1.165) is 12.8 Å². The third-order valence-electron chi connectivity index (χ3n) is 3.06. The molecule has 1 aromatic rings. The van der Waals surface area contributed by atoms with Gasteiger partial charge in [0.15, 0.2) is 5.13 Å². The van der Waals surface area contributed by atoms with Crippen molar-refractivity contribution in [3.8, 4) is 0 Å². The number of hydrogen-bond donors (Lipinski definition) is 2. The van der Waals surface area contributed by atoms with E-state index < -0.39 is 11.9 Å². The topological polar surface area (TPSA) is 79.3 Å². The predicted octanol–water partition coefficient (Wildman–Crippen LogP) is 3.00. The van der Waals surface area contributed by atoms with Crippen LogP contribution in [0, 0.1) is 11.8 Å². The quantitative estimate of drug-likeness (QED) is 0.769. The highest BCUT2D eigenvalue weighted by molar-refractivity contribution is 7.13. The summed E-state index contributed by atoms with van der Waals surface area (Å²) in [6, 6.07) is 0. The van der Waals surface area contributed by atoms with Gasteiger partial charge in [-0.3, -0.25) is 9.59 Å². The zero-order chi connectivity index (χ0) is 14.3. The summed E-state index contributed by atoms with van der Waals surface area (Å²) in [4.78, 5) is 27.0. The molecule has 0 saturated heterocycles. The largest absolute Gasteiger partial charge is 0.481 e. The molecule has 2 atom stereocenters. The van der Waals surface area contributed by atoms with Gasteiger partial charge in [-0.2, -0.15) is 0 Å². The number of anilines is 1. The number of aromatic nitrogens is 1. The molecule has 106 valence electrons. The van der Waals surface area contributed by atoms with Crippen molar-refractivity contribution in [3.63, 3.8) is 0 Å². The van der Waals surface area contributed by atoms with E-state index in [1.807, 2.05) is 13.8 Å². The van der Waals surface area contributed by atoms with E-state index in [4.69, 9.17) is 0 Å². The van der Waals surface area contributed by atoms with E-state index in [0.29, 0.717) is 11.6 Å². The number of unbranched alkanes of at least 4 members (excludes halogenated alkanes) is 1. The SMILES string of the molecule is CCCC[C@H](C(=O)O)[C@@H](C)CC(=O)Nc1nccs1. The van der Waals surface area contributed by atoms with Gasteiger partial charge < -0.3 is 10.4 Å². The van der Waals surface area contributed by atoms with Crippen LogP contribution in [0.1, 0.15) is 39.5 Å². The van der Waals surface area contributed by atoms with Gasteiger partial charge in [-0.1, -0.05) is 26.7 Å². The zero-order valence-electron chi connectivity index (χ0n) is 11.3. The van der Waals surface area contributed by atoms with Crippen molar-refractivity contribution < 1.29 is 14.7 Å².